The molecule has 11 nitrogen and oxygen atoms in total. The van der Waals surface area contributed by atoms with Crippen LogP contribution in [-0.2, 0) is 49.5 Å². The van der Waals surface area contributed by atoms with Crippen molar-refractivity contribution < 1.29 is 42.9 Å². The van der Waals surface area contributed by atoms with E-state index in [2.05, 4.69) is 5.32 Å². The second-order valence-corrected chi connectivity index (χ2v) is 9.14. The van der Waals surface area contributed by atoms with Gasteiger partial charge in [-0.25, -0.2) is 0 Å². The predicted molar refractivity (Wildman–Crippen MR) is 148 cm³/mol. The first-order valence-electron chi connectivity index (χ1n) is 14.0. The van der Waals surface area contributed by atoms with Gasteiger partial charge in [-0.2, -0.15) is 0 Å². The number of benzene rings is 1. The van der Waals surface area contributed by atoms with Crippen LogP contribution in [0.25, 0.3) is 0 Å². The zero-order valence-electron chi connectivity index (χ0n) is 24.0. The SMILES string of the molecule is CCC(CC)(C(=O)CCCC(=O)NCCOCCOCCOCCOCCC(N)=O)C(=O)OCc1ccccc1. The Morgan fingerprint density at radius 3 is 1.85 bits per heavy atom. The Bertz CT molecular complexity index is 860. The molecular weight excluding hydrogens is 520 g/mol. The van der Waals surface area contributed by atoms with Gasteiger partial charge in [-0.1, -0.05) is 44.2 Å². The number of primary amides is 1. The molecule has 0 aliphatic carbocycles. The van der Waals surface area contributed by atoms with E-state index in [1.165, 1.54) is 0 Å². The molecule has 0 aliphatic heterocycles. The van der Waals surface area contributed by atoms with E-state index in [0.717, 1.165) is 5.56 Å². The van der Waals surface area contributed by atoms with Gasteiger partial charge in [-0.15, -0.1) is 0 Å². The molecule has 0 spiro atoms. The van der Waals surface area contributed by atoms with Crippen LogP contribution in [0.15, 0.2) is 30.3 Å². The summed E-state index contributed by atoms with van der Waals surface area (Å²) in [5.74, 6) is -1.26. The highest BCUT2D eigenvalue weighted by molar-refractivity contribution is 6.03. The molecule has 3 N–H and O–H groups in total. The monoisotopic (exact) mass is 566 g/mol. The molecule has 226 valence electrons. The van der Waals surface area contributed by atoms with Gasteiger partial charge in [0.15, 0.2) is 0 Å². The summed E-state index contributed by atoms with van der Waals surface area (Å²) >= 11 is 0. The third-order valence-corrected chi connectivity index (χ3v) is 6.33. The minimum atomic E-state index is -1.19. The minimum absolute atomic E-state index is 0.122. The molecule has 0 heterocycles. The van der Waals surface area contributed by atoms with Gasteiger partial charge in [0.1, 0.15) is 17.8 Å². The molecule has 0 saturated carbocycles. The van der Waals surface area contributed by atoms with Crippen molar-refractivity contribution in [3.8, 4) is 0 Å². The van der Waals surface area contributed by atoms with E-state index in [1.807, 2.05) is 44.2 Å². The third-order valence-electron chi connectivity index (χ3n) is 6.33. The summed E-state index contributed by atoms with van der Waals surface area (Å²) in [6, 6.07) is 9.34. The van der Waals surface area contributed by atoms with Crippen LogP contribution in [0.3, 0.4) is 0 Å². The first kappa shape index (κ1) is 35.2. The molecule has 0 aliphatic rings. The van der Waals surface area contributed by atoms with Crippen LogP contribution < -0.4 is 11.1 Å². The number of hydrogen-bond acceptors (Lipinski definition) is 9. The highest BCUT2D eigenvalue weighted by Gasteiger charge is 2.43. The van der Waals surface area contributed by atoms with E-state index in [4.69, 9.17) is 29.4 Å². The number of nitrogens with two attached hydrogens (primary N) is 1. The van der Waals surface area contributed by atoms with Crippen LogP contribution in [0.1, 0.15) is 57.9 Å². The maximum absolute atomic E-state index is 13.0. The number of carbonyl (C=O) groups is 4. The molecule has 1 aromatic carbocycles. The van der Waals surface area contributed by atoms with Gasteiger partial charge in [0.25, 0.3) is 0 Å². The second-order valence-electron chi connectivity index (χ2n) is 9.14. The number of esters is 1. The Kier molecular flexibility index (Phi) is 19.3. The molecule has 0 saturated heterocycles. The minimum Gasteiger partial charge on any atom is -0.460 e. The van der Waals surface area contributed by atoms with Crippen LogP contribution in [0.4, 0.5) is 0 Å². The number of hydrogen-bond donors (Lipinski definition) is 2. The lowest BCUT2D eigenvalue weighted by Gasteiger charge is -2.27. The molecule has 0 atom stereocenters. The smallest absolute Gasteiger partial charge is 0.319 e. The van der Waals surface area contributed by atoms with Crippen LogP contribution in [-0.4, -0.2) is 83.0 Å². The molecule has 0 radical (unpaired) electrons. The number of rotatable bonds is 25. The van der Waals surface area contributed by atoms with Crippen molar-refractivity contribution in [2.45, 2.75) is 59.0 Å². The largest absolute Gasteiger partial charge is 0.460 e. The topological polar surface area (TPSA) is 152 Å². The summed E-state index contributed by atoms with van der Waals surface area (Å²) in [5.41, 5.74) is 4.69. The van der Waals surface area contributed by atoms with E-state index in [9.17, 15) is 19.2 Å². The molecule has 1 rings (SSSR count). The van der Waals surface area contributed by atoms with Crippen molar-refractivity contribution in [2.75, 3.05) is 59.4 Å². The van der Waals surface area contributed by atoms with E-state index >= 15 is 0 Å². The van der Waals surface area contributed by atoms with Crippen LogP contribution >= 0.6 is 0 Å². The van der Waals surface area contributed by atoms with Gasteiger partial charge in [0.05, 0.1) is 52.9 Å². The average molecular weight is 567 g/mol. The van der Waals surface area contributed by atoms with Crippen LogP contribution in [0.2, 0.25) is 0 Å². The lowest BCUT2D eigenvalue weighted by atomic mass is 9.76. The highest BCUT2D eigenvalue weighted by atomic mass is 16.6. The molecular formula is C29H46N2O9. The number of ether oxygens (including phenoxy) is 5. The number of ketones is 1. The number of Topliss-reactive ketones (excluding diaryl/α,β-unsaturated/α-hetero) is 1. The molecule has 1 aromatic rings. The molecule has 11 heteroatoms. The lowest BCUT2D eigenvalue weighted by molar-refractivity contribution is -0.162. The fourth-order valence-corrected chi connectivity index (χ4v) is 3.84. The van der Waals surface area contributed by atoms with Crippen molar-refractivity contribution in [3.63, 3.8) is 0 Å². The first-order valence-corrected chi connectivity index (χ1v) is 14.0. The summed E-state index contributed by atoms with van der Waals surface area (Å²) in [7, 11) is 0. The Morgan fingerprint density at radius 2 is 1.30 bits per heavy atom. The predicted octanol–water partition coefficient (Wildman–Crippen LogP) is 2.33. The zero-order chi connectivity index (χ0) is 29.5. The third kappa shape index (κ3) is 15.1. The summed E-state index contributed by atoms with van der Waals surface area (Å²) < 4.78 is 26.8. The van der Waals surface area contributed by atoms with Gasteiger partial charge in [-0.3, -0.25) is 19.2 Å². The maximum atomic E-state index is 13.0. The fourth-order valence-electron chi connectivity index (χ4n) is 3.84. The van der Waals surface area contributed by atoms with Crippen molar-refractivity contribution in [2.24, 2.45) is 11.1 Å². The van der Waals surface area contributed by atoms with Gasteiger partial charge in [-0.05, 0) is 24.8 Å². The fraction of sp³-hybridized carbons (Fsp3) is 0.655. The molecule has 0 unspecified atom stereocenters. The van der Waals surface area contributed by atoms with E-state index in [1.54, 1.807) is 0 Å². The number of carbonyl (C=O) groups excluding carboxylic acids is 4. The van der Waals surface area contributed by atoms with Crippen molar-refractivity contribution in [1.29, 1.82) is 0 Å². The van der Waals surface area contributed by atoms with Crippen molar-refractivity contribution in [1.82, 2.24) is 5.32 Å². The molecule has 40 heavy (non-hydrogen) atoms. The Balaban J connectivity index is 2.08. The van der Waals surface area contributed by atoms with Crippen molar-refractivity contribution in [3.05, 3.63) is 35.9 Å². The molecule has 2 amide bonds. The summed E-state index contributed by atoms with van der Waals surface area (Å²) in [4.78, 5) is 48.5. The number of nitrogens with one attached hydrogen (secondary N) is 1. The van der Waals surface area contributed by atoms with Crippen LogP contribution in [0.5, 0.6) is 0 Å². The van der Waals surface area contributed by atoms with Gasteiger partial charge in [0, 0.05) is 25.8 Å². The van der Waals surface area contributed by atoms with Gasteiger partial charge >= 0.3 is 5.97 Å². The molecule has 0 bridgehead atoms. The summed E-state index contributed by atoms with van der Waals surface area (Å²) in [5, 5.41) is 2.77. The first-order chi connectivity index (χ1) is 19.4. The van der Waals surface area contributed by atoms with E-state index in [0.29, 0.717) is 78.7 Å². The quantitative estimate of drug-likeness (QED) is 0.103. The summed E-state index contributed by atoms with van der Waals surface area (Å²) in [6.45, 7) is 7.15. The Morgan fingerprint density at radius 1 is 0.750 bits per heavy atom. The highest BCUT2D eigenvalue weighted by Crippen LogP contribution is 2.32. The Hall–Kier alpha value is -2.86. The standard InChI is InChI=1S/C29H46N2O9/c1-3-29(4-2,28(35)40-23-24-9-6-5-7-10-24)25(32)11-8-12-27(34)31-14-16-37-18-20-39-22-21-38-19-17-36-15-13-26(30)33/h5-7,9-10H,3-4,8,11-23H2,1-2H3,(H2,30,33)(H,31,34). The van der Waals surface area contributed by atoms with Gasteiger partial charge < -0.3 is 34.7 Å². The van der Waals surface area contributed by atoms with E-state index < -0.39 is 17.3 Å². The maximum Gasteiger partial charge on any atom is 0.319 e. The zero-order valence-corrected chi connectivity index (χ0v) is 24.0. The van der Waals surface area contributed by atoms with Gasteiger partial charge in [0.2, 0.25) is 11.8 Å². The number of amides is 2. The van der Waals surface area contributed by atoms with E-state index in [-0.39, 0.29) is 37.6 Å². The molecule has 0 fully saturated rings. The lowest BCUT2D eigenvalue weighted by Crippen LogP contribution is -2.40. The van der Waals surface area contributed by atoms with Crippen LogP contribution in [0, 0.1) is 5.41 Å². The Labute approximate surface area is 237 Å². The normalized spacial score (nSPS) is 11.2. The average Bonchev–Trinajstić information content (AvgIpc) is 2.95. The summed E-state index contributed by atoms with van der Waals surface area (Å²) in [6.07, 6.45) is 1.58. The van der Waals surface area contributed by atoms with Crippen molar-refractivity contribution >= 4 is 23.6 Å². The molecule has 0 aromatic heterocycles. The second kappa shape index (κ2) is 21.9.